The number of alkyl carbamates (subject to hydrolysis) is 1. The van der Waals surface area contributed by atoms with E-state index >= 15 is 0 Å². The van der Waals surface area contributed by atoms with Gasteiger partial charge in [0.05, 0.1) is 12.1 Å². The highest BCUT2D eigenvalue weighted by molar-refractivity contribution is 5.79. The van der Waals surface area contributed by atoms with Crippen molar-refractivity contribution in [2.75, 3.05) is 19.6 Å². The molecule has 1 aromatic rings. The van der Waals surface area contributed by atoms with E-state index in [1.165, 1.54) is 12.1 Å². The Labute approximate surface area is 188 Å². The number of hydrogen-bond acceptors (Lipinski definition) is 4. The number of rotatable bonds is 9. The Kier molecular flexibility index (Phi) is 8.56. The van der Waals surface area contributed by atoms with Crippen molar-refractivity contribution in [3.05, 3.63) is 35.4 Å². The number of carbonyl (C=O) groups excluding carboxylic acids is 2. The quantitative estimate of drug-likeness (QED) is 0.596. The number of hydrogen-bond donors (Lipinski definition) is 1. The third kappa shape index (κ3) is 8.68. The van der Waals surface area contributed by atoms with Gasteiger partial charge in [0, 0.05) is 31.7 Å². The molecule has 0 heterocycles. The molecule has 0 unspecified atom stereocenters. The van der Waals surface area contributed by atoms with Crippen LogP contribution < -0.4 is 5.32 Å². The first-order valence-electron chi connectivity index (χ1n) is 10.9. The number of alkyl halides is 3. The fourth-order valence-electron chi connectivity index (χ4n) is 3.20. The first kappa shape index (κ1) is 26.0. The van der Waals surface area contributed by atoms with Crippen molar-refractivity contribution in [2.24, 2.45) is 0 Å². The van der Waals surface area contributed by atoms with Crippen molar-refractivity contribution < 1.29 is 27.5 Å². The predicted octanol–water partition coefficient (Wildman–Crippen LogP) is 4.43. The van der Waals surface area contributed by atoms with Crippen LogP contribution in [0, 0.1) is 0 Å². The van der Waals surface area contributed by atoms with Gasteiger partial charge in [0.1, 0.15) is 5.60 Å². The summed E-state index contributed by atoms with van der Waals surface area (Å²) in [7, 11) is 0. The van der Waals surface area contributed by atoms with Gasteiger partial charge in [-0.3, -0.25) is 9.69 Å². The van der Waals surface area contributed by atoms with Crippen LogP contribution in [-0.2, 0) is 22.3 Å². The molecule has 1 N–H and O–H groups in total. The van der Waals surface area contributed by atoms with Crippen molar-refractivity contribution in [3.8, 4) is 0 Å². The largest absolute Gasteiger partial charge is 0.444 e. The summed E-state index contributed by atoms with van der Waals surface area (Å²) in [4.78, 5) is 28.6. The molecule has 1 fully saturated rings. The van der Waals surface area contributed by atoms with Crippen molar-refractivity contribution in [3.63, 3.8) is 0 Å². The van der Waals surface area contributed by atoms with Crippen LogP contribution in [0.15, 0.2) is 24.3 Å². The lowest BCUT2D eigenvalue weighted by Gasteiger charge is -2.30. The minimum atomic E-state index is -4.38. The Morgan fingerprint density at radius 3 is 2.19 bits per heavy atom. The van der Waals surface area contributed by atoms with Gasteiger partial charge in [-0.15, -0.1) is 0 Å². The first-order valence-corrected chi connectivity index (χ1v) is 10.9. The molecule has 1 saturated carbocycles. The molecule has 1 aliphatic rings. The molecule has 0 atom stereocenters. The standard InChI is InChI=1S/C23H34F3N3O3/c1-16(2)28(13-12-27-21(31)32-22(3,4)5)15-20(30)29(19-10-11-19)14-17-6-8-18(9-7-17)23(24,25)26/h6-9,16,19H,10-15H2,1-5H3,(H,27,31). The second kappa shape index (κ2) is 10.6. The first-order chi connectivity index (χ1) is 14.8. The van der Waals surface area contributed by atoms with E-state index in [1.54, 1.807) is 25.7 Å². The molecular weight excluding hydrogens is 423 g/mol. The maximum Gasteiger partial charge on any atom is 0.416 e. The number of ether oxygens (including phenoxy) is 1. The van der Waals surface area contributed by atoms with Crippen LogP contribution in [0.25, 0.3) is 0 Å². The van der Waals surface area contributed by atoms with Gasteiger partial charge in [-0.05, 0) is 65.2 Å². The van der Waals surface area contributed by atoms with Gasteiger partial charge in [-0.25, -0.2) is 4.79 Å². The van der Waals surface area contributed by atoms with Crippen molar-refractivity contribution >= 4 is 12.0 Å². The second-order valence-corrected chi connectivity index (χ2v) is 9.44. The van der Waals surface area contributed by atoms with E-state index in [-0.39, 0.29) is 31.1 Å². The topological polar surface area (TPSA) is 61.9 Å². The van der Waals surface area contributed by atoms with E-state index in [0.717, 1.165) is 25.0 Å². The molecule has 9 heteroatoms. The smallest absolute Gasteiger partial charge is 0.416 e. The molecule has 2 amide bonds. The van der Waals surface area contributed by atoms with E-state index in [4.69, 9.17) is 4.74 Å². The van der Waals surface area contributed by atoms with Gasteiger partial charge >= 0.3 is 12.3 Å². The molecule has 0 saturated heterocycles. The summed E-state index contributed by atoms with van der Waals surface area (Å²) in [5.41, 5.74) is -0.615. The third-order valence-electron chi connectivity index (χ3n) is 5.08. The van der Waals surface area contributed by atoms with Crippen molar-refractivity contribution in [1.29, 1.82) is 0 Å². The van der Waals surface area contributed by atoms with E-state index in [9.17, 15) is 22.8 Å². The molecule has 0 radical (unpaired) electrons. The Balaban J connectivity index is 1.94. The van der Waals surface area contributed by atoms with Crippen molar-refractivity contribution in [1.82, 2.24) is 15.1 Å². The van der Waals surface area contributed by atoms with Crippen LogP contribution in [-0.4, -0.2) is 59.1 Å². The predicted molar refractivity (Wildman–Crippen MR) is 116 cm³/mol. The van der Waals surface area contributed by atoms with E-state index in [0.29, 0.717) is 18.7 Å². The highest BCUT2D eigenvalue weighted by Gasteiger charge is 2.34. The minimum absolute atomic E-state index is 0.0710. The van der Waals surface area contributed by atoms with Crippen molar-refractivity contribution in [2.45, 2.75) is 77.9 Å². The average molecular weight is 458 g/mol. The Bertz CT molecular complexity index is 769. The molecule has 32 heavy (non-hydrogen) atoms. The molecule has 0 aliphatic heterocycles. The van der Waals surface area contributed by atoms with Crippen LogP contribution in [0.1, 0.15) is 58.6 Å². The normalized spacial score (nSPS) is 14.6. The Morgan fingerprint density at radius 2 is 1.72 bits per heavy atom. The maximum atomic E-state index is 13.0. The number of carbonyl (C=O) groups is 2. The monoisotopic (exact) mass is 457 g/mol. The number of nitrogens with one attached hydrogen (secondary N) is 1. The molecule has 1 aliphatic carbocycles. The van der Waals surface area contributed by atoms with E-state index < -0.39 is 23.4 Å². The van der Waals surface area contributed by atoms with Crippen LogP contribution in [0.3, 0.4) is 0 Å². The lowest BCUT2D eigenvalue weighted by atomic mass is 10.1. The summed E-state index contributed by atoms with van der Waals surface area (Å²) in [5, 5.41) is 2.70. The van der Waals surface area contributed by atoms with E-state index in [2.05, 4.69) is 5.32 Å². The summed E-state index contributed by atoms with van der Waals surface area (Å²) in [5.74, 6) is -0.0710. The summed E-state index contributed by atoms with van der Waals surface area (Å²) < 4.78 is 43.6. The molecule has 6 nitrogen and oxygen atoms in total. The Morgan fingerprint density at radius 1 is 1.12 bits per heavy atom. The van der Waals surface area contributed by atoms with Gasteiger partial charge in [0.25, 0.3) is 0 Å². The maximum absolute atomic E-state index is 13.0. The Hall–Kier alpha value is -2.29. The number of amides is 2. The van der Waals surface area contributed by atoms with Crippen LogP contribution in [0.5, 0.6) is 0 Å². The zero-order valence-electron chi connectivity index (χ0n) is 19.5. The average Bonchev–Trinajstić information content (AvgIpc) is 3.48. The molecule has 0 aromatic heterocycles. The fourth-order valence-corrected chi connectivity index (χ4v) is 3.20. The number of nitrogens with zero attached hydrogens (tertiary/aromatic N) is 2. The van der Waals surface area contributed by atoms with Crippen LogP contribution in [0.4, 0.5) is 18.0 Å². The molecule has 1 aromatic carbocycles. The van der Waals surface area contributed by atoms with Crippen LogP contribution >= 0.6 is 0 Å². The van der Waals surface area contributed by atoms with E-state index in [1.807, 2.05) is 18.7 Å². The SMILES string of the molecule is CC(C)N(CCNC(=O)OC(C)(C)C)CC(=O)N(Cc1ccc(C(F)(F)F)cc1)C1CC1. The number of benzene rings is 1. The lowest BCUT2D eigenvalue weighted by molar-refractivity contribution is -0.138. The summed E-state index contributed by atoms with van der Waals surface area (Å²) in [6, 6.07) is 5.15. The van der Waals surface area contributed by atoms with Gasteiger partial charge in [0.2, 0.25) is 5.91 Å². The van der Waals surface area contributed by atoms with Gasteiger partial charge in [-0.1, -0.05) is 12.1 Å². The lowest BCUT2D eigenvalue weighted by Crippen LogP contribution is -2.46. The van der Waals surface area contributed by atoms with Gasteiger partial charge in [0.15, 0.2) is 0 Å². The molecule has 2 rings (SSSR count). The zero-order chi connectivity index (χ0) is 24.1. The van der Waals surface area contributed by atoms with Gasteiger partial charge in [-0.2, -0.15) is 13.2 Å². The summed E-state index contributed by atoms with van der Waals surface area (Å²) in [6.45, 7) is 10.6. The molecule has 0 bridgehead atoms. The van der Waals surface area contributed by atoms with Crippen LogP contribution in [0.2, 0.25) is 0 Å². The molecular formula is C23H34F3N3O3. The van der Waals surface area contributed by atoms with Gasteiger partial charge < -0.3 is 15.0 Å². The zero-order valence-corrected chi connectivity index (χ0v) is 19.5. The fraction of sp³-hybridized carbons (Fsp3) is 0.652. The second-order valence-electron chi connectivity index (χ2n) is 9.44. The summed E-state index contributed by atoms with van der Waals surface area (Å²) >= 11 is 0. The highest BCUT2D eigenvalue weighted by Crippen LogP contribution is 2.31. The highest BCUT2D eigenvalue weighted by atomic mass is 19.4. The molecule has 180 valence electrons. The minimum Gasteiger partial charge on any atom is -0.444 e. The number of halogens is 3. The third-order valence-corrected chi connectivity index (χ3v) is 5.08. The summed E-state index contributed by atoms with van der Waals surface area (Å²) in [6.07, 6.45) is -3.09. The molecule has 0 spiro atoms.